The van der Waals surface area contributed by atoms with Crippen LogP contribution in [0.15, 0.2) is 24.3 Å². The van der Waals surface area contributed by atoms with Crippen molar-refractivity contribution in [2.75, 3.05) is 32.1 Å². The number of rotatable bonds is 8. The number of hydrogen-bond acceptors (Lipinski definition) is 3. The number of para-hydroxylation sites is 2. The van der Waals surface area contributed by atoms with Crippen molar-refractivity contribution >= 4 is 5.69 Å². The van der Waals surface area contributed by atoms with Crippen LogP contribution >= 0.6 is 0 Å². The molecule has 3 nitrogen and oxygen atoms in total. The molecule has 0 unspecified atom stereocenters. The van der Waals surface area contributed by atoms with E-state index < -0.39 is 0 Å². The molecule has 1 aromatic rings. The lowest BCUT2D eigenvalue weighted by Crippen LogP contribution is -2.23. The van der Waals surface area contributed by atoms with E-state index in [4.69, 9.17) is 4.74 Å². The third kappa shape index (κ3) is 4.53. The fourth-order valence-corrected chi connectivity index (χ4v) is 1.50. The van der Waals surface area contributed by atoms with E-state index in [0.29, 0.717) is 0 Å². The molecule has 0 aliphatic carbocycles. The fourth-order valence-electron chi connectivity index (χ4n) is 1.50. The molecule has 0 aromatic heterocycles. The monoisotopic (exact) mass is 222 g/mol. The van der Waals surface area contributed by atoms with E-state index in [9.17, 15) is 0 Å². The van der Waals surface area contributed by atoms with E-state index >= 15 is 0 Å². The molecule has 0 radical (unpaired) electrons. The Kier molecular flexibility index (Phi) is 6.42. The van der Waals surface area contributed by atoms with Crippen LogP contribution in [0.4, 0.5) is 5.69 Å². The third-order valence-corrected chi connectivity index (χ3v) is 2.43. The number of ether oxygens (including phenoxy) is 1. The van der Waals surface area contributed by atoms with Crippen molar-refractivity contribution in [3.8, 4) is 5.75 Å². The fraction of sp³-hybridized carbons (Fsp3) is 0.538. The molecule has 0 fully saturated rings. The lowest BCUT2D eigenvalue weighted by Gasteiger charge is -2.11. The van der Waals surface area contributed by atoms with Gasteiger partial charge in [-0.15, -0.1) is 0 Å². The molecule has 0 saturated carbocycles. The van der Waals surface area contributed by atoms with Gasteiger partial charge in [0.15, 0.2) is 0 Å². The van der Waals surface area contributed by atoms with E-state index in [0.717, 1.165) is 31.1 Å². The summed E-state index contributed by atoms with van der Waals surface area (Å²) in [7, 11) is 1.69. The van der Waals surface area contributed by atoms with Crippen LogP contribution in [-0.2, 0) is 0 Å². The van der Waals surface area contributed by atoms with Gasteiger partial charge in [-0.2, -0.15) is 0 Å². The van der Waals surface area contributed by atoms with Crippen molar-refractivity contribution in [2.45, 2.75) is 19.8 Å². The molecular formula is C13H22N2O. The Morgan fingerprint density at radius 1 is 1.12 bits per heavy atom. The summed E-state index contributed by atoms with van der Waals surface area (Å²) in [4.78, 5) is 0. The Labute approximate surface area is 98.2 Å². The quantitative estimate of drug-likeness (QED) is 0.663. The van der Waals surface area contributed by atoms with Gasteiger partial charge in [0.2, 0.25) is 0 Å². The van der Waals surface area contributed by atoms with Gasteiger partial charge >= 0.3 is 0 Å². The summed E-state index contributed by atoms with van der Waals surface area (Å²) in [5.74, 6) is 0.899. The van der Waals surface area contributed by atoms with E-state index in [-0.39, 0.29) is 0 Å². The Bertz CT molecular complexity index is 289. The largest absolute Gasteiger partial charge is 0.495 e. The number of methoxy groups -OCH3 is 1. The molecule has 16 heavy (non-hydrogen) atoms. The lowest BCUT2D eigenvalue weighted by atomic mass is 10.3. The molecule has 0 heterocycles. The summed E-state index contributed by atoms with van der Waals surface area (Å²) in [6, 6.07) is 7.98. The number of hydrogen-bond donors (Lipinski definition) is 2. The van der Waals surface area contributed by atoms with E-state index in [1.807, 2.05) is 24.3 Å². The van der Waals surface area contributed by atoms with E-state index in [2.05, 4.69) is 17.6 Å². The highest BCUT2D eigenvalue weighted by atomic mass is 16.5. The van der Waals surface area contributed by atoms with Crippen LogP contribution in [0.25, 0.3) is 0 Å². The van der Waals surface area contributed by atoms with Crippen molar-refractivity contribution < 1.29 is 4.74 Å². The maximum Gasteiger partial charge on any atom is 0.141 e. The molecule has 0 bridgehead atoms. The summed E-state index contributed by atoms with van der Waals surface area (Å²) in [6.45, 7) is 5.21. The molecule has 0 spiro atoms. The average molecular weight is 222 g/mol. The number of unbranched alkanes of at least 4 members (excludes halogenated alkanes) is 1. The number of nitrogens with one attached hydrogen (secondary N) is 2. The van der Waals surface area contributed by atoms with Gasteiger partial charge in [0, 0.05) is 13.1 Å². The highest BCUT2D eigenvalue weighted by molar-refractivity contribution is 5.55. The molecule has 1 aromatic carbocycles. The highest BCUT2D eigenvalue weighted by Crippen LogP contribution is 2.22. The summed E-state index contributed by atoms with van der Waals surface area (Å²) in [6.07, 6.45) is 2.49. The summed E-state index contributed by atoms with van der Waals surface area (Å²) >= 11 is 0. The minimum Gasteiger partial charge on any atom is -0.495 e. The van der Waals surface area contributed by atoms with Crippen LogP contribution in [0.5, 0.6) is 5.75 Å². The summed E-state index contributed by atoms with van der Waals surface area (Å²) < 4.78 is 5.26. The van der Waals surface area contributed by atoms with Gasteiger partial charge in [-0.05, 0) is 25.1 Å². The second-order valence-corrected chi connectivity index (χ2v) is 3.73. The molecule has 90 valence electrons. The second-order valence-electron chi connectivity index (χ2n) is 3.73. The third-order valence-electron chi connectivity index (χ3n) is 2.43. The van der Waals surface area contributed by atoms with Gasteiger partial charge in [-0.3, -0.25) is 0 Å². The van der Waals surface area contributed by atoms with Crippen LogP contribution in [-0.4, -0.2) is 26.7 Å². The van der Waals surface area contributed by atoms with Crippen LogP contribution in [0.2, 0.25) is 0 Å². The molecule has 0 saturated heterocycles. The topological polar surface area (TPSA) is 33.3 Å². The first-order valence-corrected chi connectivity index (χ1v) is 5.96. The number of benzene rings is 1. The Morgan fingerprint density at radius 3 is 2.69 bits per heavy atom. The molecule has 2 N–H and O–H groups in total. The average Bonchev–Trinajstić information content (AvgIpc) is 2.34. The van der Waals surface area contributed by atoms with Crippen LogP contribution in [0.1, 0.15) is 19.8 Å². The normalized spacial score (nSPS) is 10.1. The van der Waals surface area contributed by atoms with Gasteiger partial charge in [0.05, 0.1) is 12.8 Å². The minimum atomic E-state index is 0.899. The smallest absolute Gasteiger partial charge is 0.141 e. The second kappa shape index (κ2) is 7.99. The zero-order valence-electron chi connectivity index (χ0n) is 10.3. The van der Waals surface area contributed by atoms with Gasteiger partial charge in [-0.1, -0.05) is 25.5 Å². The maximum absolute atomic E-state index is 5.26. The Morgan fingerprint density at radius 2 is 1.94 bits per heavy atom. The maximum atomic E-state index is 5.26. The molecule has 0 atom stereocenters. The van der Waals surface area contributed by atoms with E-state index in [1.54, 1.807) is 7.11 Å². The standard InChI is InChI=1S/C13H22N2O/c1-3-4-9-14-10-11-15-12-7-5-6-8-13(12)16-2/h5-8,14-15H,3-4,9-11H2,1-2H3. The first kappa shape index (κ1) is 12.8. The van der Waals surface area contributed by atoms with Crippen LogP contribution in [0.3, 0.4) is 0 Å². The van der Waals surface area contributed by atoms with Crippen molar-refractivity contribution in [3.05, 3.63) is 24.3 Å². The van der Waals surface area contributed by atoms with Gasteiger partial charge in [0.25, 0.3) is 0 Å². The van der Waals surface area contributed by atoms with Gasteiger partial charge in [-0.25, -0.2) is 0 Å². The minimum absolute atomic E-state index is 0.899. The number of anilines is 1. The molecule has 0 aliphatic heterocycles. The molecule has 0 amide bonds. The SMILES string of the molecule is CCCCNCCNc1ccccc1OC. The van der Waals surface area contributed by atoms with Crippen molar-refractivity contribution in [3.63, 3.8) is 0 Å². The molecule has 3 heteroatoms. The van der Waals surface area contributed by atoms with Crippen LogP contribution in [0, 0.1) is 0 Å². The van der Waals surface area contributed by atoms with Gasteiger partial charge in [0.1, 0.15) is 5.75 Å². The zero-order valence-corrected chi connectivity index (χ0v) is 10.3. The molecular weight excluding hydrogens is 200 g/mol. The molecule has 1 rings (SSSR count). The first-order chi connectivity index (χ1) is 7.88. The lowest BCUT2D eigenvalue weighted by molar-refractivity contribution is 0.416. The Hall–Kier alpha value is -1.22. The predicted octanol–water partition coefficient (Wildman–Crippen LogP) is 2.50. The molecule has 0 aliphatic rings. The van der Waals surface area contributed by atoms with Crippen molar-refractivity contribution in [1.82, 2.24) is 5.32 Å². The Balaban J connectivity index is 2.21. The van der Waals surface area contributed by atoms with Gasteiger partial charge < -0.3 is 15.4 Å². The van der Waals surface area contributed by atoms with E-state index in [1.165, 1.54) is 12.8 Å². The van der Waals surface area contributed by atoms with Crippen molar-refractivity contribution in [1.29, 1.82) is 0 Å². The van der Waals surface area contributed by atoms with Crippen LogP contribution < -0.4 is 15.4 Å². The first-order valence-electron chi connectivity index (χ1n) is 5.96. The predicted molar refractivity (Wildman–Crippen MR) is 69.3 cm³/mol. The van der Waals surface area contributed by atoms with Crippen molar-refractivity contribution in [2.24, 2.45) is 0 Å². The zero-order chi connectivity index (χ0) is 11.6. The summed E-state index contributed by atoms with van der Waals surface area (Å²) in [5, 5.41) is 6.74. The highest BCUT2D eigenvalue weighted by Gasteiger charge is 1.98. The summed E-state index contributed by atoms with van der Waals surface area (Å²) in [5.41, 5.74) is 1.06.